The second kappa shape index (κ2) is 5.43. The largest absolute Gasteiger partial charge is 0.481 e. The monoisotopic (exact) mass is 319 g/mol. The molecule has 0 bridgehead atoms. The van der Waals surface area contributed by atoms with Crippen molar-refractivity contribution < 1.29 is 14.4 Å². The molecule has 3 rings (SSSR count). The number of carboxylic acids is 1. The van der Waals surface area contributed by atoms with Gasteiger partial charge in [-0.25, -0.2) is 0 Å². The number of carboxylic acid groups (broad SMARTS) is 1. The van der Waals surface area contributed by atoms with Gasteiger partial charge in [-0.2, -0.15) is 0 Å². The van der Waals surface area contributed by atoms with Crippen molar-refractivity contribution in [2.75, 3.05) is 0 Å². The van der Waals surface area contributed by atoms with Gasteiger partial charge in [0.2, 0.25) is 0 Å². The molecule has 0 saturated carbocycles. The lowest BCUT2D eigenvalue weighted by molar-refractivity contribution is -0.148. The SMILES string of the molecule is C[C@@H]1C[C@@](C)(C(=O)O)CCc2c(-c3ccc(Cl)cc3)noc21. The summed E-state index contributed by atoms with van der Waals surface area (Å²) in [6, 6.07) is 7.46. The summed E-state index contributed by atoms with van der Waals surface area (Å²) >= 11 is 5.93. The number of hydrogen-bond donors (Lipinski definition) is 1. The Kier molecular flexibility index (Phi) is 3.73. The molecule has 0 saturated heterocycles. The molecule has 2 aromatic rings. The van der Waals surface area contributed by atoms with Crippen LogP contribution in [-0.4, -0.2) is 16.2 Å². The summed E-state index contributed by atoms with van der Waals surface area (Å²) in [6.45, 7) is 3.81. The summed E-state index contributed by atoms with van der Waals surface area (Å²) in [5, 5.41) is 14.4. The predicted octanol–water partition coefficient (Wildman–Crippen LogP) is 4.53. The van der Waals surface area contributed by atoms with E-state index in [-0.39, 0.29) is 5.92 Å². The molecule has 1 heterocycles. The smallest absolute Gasteiger partial charge is 0.309 e. The van der Waals surface area contributed by atoms with E-state index in [1.54, 1.807) is 0 Å². The number of nitrogens with zero attached hydrogens (tertiary/aromatic N) is 1. The van der Waals surface area contributed by atoms with Crippen LogP contribution in [0.15, 0.2) is 28.8 Å². The van der Waals surface area contributed by atoms with Gasteiger partial charge in [-0.15, -0.1) is 0 Å². The number of fused-ring (bicyclic) bond motifs is 1. The lowest BCUT2D eigenvalue weighted by atomic mass is 9.79. The molecule has 1 aromatic heterocycles. The van der Waals surface area contributed by atoms with E-state index in [4.69, 9.17) is 16.1 Å². The van der Waals surface area contributed by atoms with E-state index >= 15 is 0 Å². The molecule has 116 valence electrons. The quantitative estimate of drug-likeness (QED) is 0.826. The van der Waals surface area contributed by atoms with Crippen LogP contribution in [0.3, 0.4) is 0 Å². The first-order valence-corrected chi connectivity index (χ1v) is 7.76. The second-order valence-corrected chi connectivity index (χ2v) is 6.79. The van der Waals surface area contributed by atoms with Crippen LogP contribution in [0.25, 0.3) is 11.3 Å². The first-order valence-electron chi connectivity index (χ1n) is 7.38. The molecule has 1 aromatic carbocycles. The van der Waals surface area contributed by atoms with Crippen LogP contribution in [0, 0.1) is 5.41 Å². The van der Waals surface area contributed by atoms with Crippen LogP contribution < -0.4 is 0 Å². The molecule has 0 amide bonds. The van der Waals surface area contributed by atoms with E-state index in [0.29, 0.717) is 24.3 Å². The van der Waals surface area contributed by atoms with Gasteiger partial charge in [0.05, 0.1) is 5.41 Å². The number of halogens is 1. The molecule has 0 spiro atoms. The second-order valence-electron chi connectivity index (χ2n) is 6.35. The number of aromatic nitrogens is 1. The third kappa shape index (κ3) is 2.52. The van der Waals surface area contributed by atoms with E-state index in [1.807, 2.05) is 38.1 Å². The zero-order chi connectivity index (χ0) is 15.9. The Morgan fingerprint density at radius 2 is 2.09 bits per heavy atom. The molecule has 0 radical (unpaired) electrons. The Balaban J connectivity index is 2.01. The molecule has 0 unspecified atom stereocenters. The maximum atomic E-state index is 11.6. The topological polar surface area (TPSA) is 63.3 Å². The van der Waals surface area contributed by atoms with Gasteiger partial charge in [0.15, 0.2) is 0 Å². The zero-order valence-electron chi connectivity index (χ0n) is 12.6. The highest BCUT2D eigenvalue weighted by atomic mass is 35.5. The van der Waals surface area contributed by atoms with Gasteiger partial charge in [0.1, 0.15) is 11.5 Å². The van der Waals surface area contributed by atoms with Crippen LogP contribution in [0.5, 0.6) is 0 Å². The Hall–Kier alpha value is -1.81. The third-order valence-electron chi connectivity index (χ3n) is 4.58. The minimum absolute atomic E-state index is 0.0344. The zero-order valence-corrected chi connectivity index (χ0v) is 13.4. The van der Waals surface area contributed by atoms with E-state index in [1.165, 1.54) is 0 Å². The highest BCUT2D eigenvalue weighted by Crippen LogP contribution is 2.43. The van der Waals surface area contributed by atoms with Gasteiger partial charge in [-0.1, -0.05) is 35.8 Å². The highest BCUT2D eigenvalue weighted by molar-refractivity contribution is 6.30. The van der Waals surface area contributed by atoms with E-state index in [0.717, 1.165) is 22.6 Å². The summed E-state index contributed by atoms with van der Waals surface area (Å²) in [5.41, 5.74) is 2.05. The van der Waals surface area contributed by atoms with Gasteiger partial charge < -0.3 is 9.63 Å². The molecule has 0 fully saturated rings. The van der Waals surface area contributed by atoms with Crippen molar-refractivity contribution >= 4 is 17.6 Å². The molecule has 22 heavy (non-hydrogen) atoms. The van der Waals surface area contributed by atoms with Crippen LogP contribution >= 0.6 is 11.6 Å². The number of hydrogen-bond acceptors (Lipinski definition) is 3. The minimum atomic E-state index is -0.745. The van der Waals surface area contributed by atoms with Crippen molar-refractivity contribution in [3.8, 4) is 11.3 Å². The van der Waals surface area contributed by atoms with Crippen molar-refractivity contribution in [1.29, 1.82) is 0 Å². The molecule has 1 N–H and O–H groups in total. The summed E-state index contributed by atoms with van der Waals surface area (Å²) < 4.78 is 5.56. The first-order chi connectivity index (χ1) is 10.4. The fraction of sp³-hybridized carbons (Fsp3) is 0.412. The lowest BCUT2D eigenvalue weighted by Gasteiger charge is -2.24. The molecule has 1 aliphatic carbocycles. The van der Waals surface area contributed by atoms with Crippen molar-refractivity contribution in [2.24, 2.45) is 5.41 Å². The van der Waals surface area contributed by atoms with E-state index < -0.39 is 11.4 Å². The standard InChI is InChI=1S/C17H18ClNO3/c1-10-9-17(2,16(20)21)8-7-13-14(19-22-15(10)13)11-3-5-12(18)6-4-11/h3-6,10H,7-9H2,1-2H3,(H,20,21)/t10-,17+/m1/s1. The van der Waals surface area contributed by atoms with Crippen molar-refractivity contribution in [3.63, 3.8) is 0 Å². The Morgan fingerprint density at radius 1 is 1.41 bits per heavy atom. The molecule has 0 aliphatic heterocycles. The average Bonchev–Trinajstić information content (AvgIpc) is 2.84. The molecule has 5 heteroatoms. The van der Waals surface area contributed by atoms with Gasteiger partial charge >= 0.3 is 5.97 Å². The lowest BCUT2D eigenvalue weighted by Crippen LogP contribution is -2.28. The molecule has 4 nitrogen and oxygen atoms in total. The van der Waals surface area contributed by atoms with Gasteiger partial charge in [-0.05, 0) is 38.3 Å². The number of rotatable bonds is 2. The van der Waals surface area contributed by atoms with Crippen LogP contribution in [0.1, 0.15) is 43.9 Å². The van der Waals surface area contributed by atoms with Crippen molar-refractivity contribution in [2.45, 2.75) is 39.0 Å². The summed E-state index contributed by atoms with van der Waals surface area (Å²) in [7, 11) is 0. The summed E-state index contributed by atoms with van der Waals surface area (Å²) in [5.74, 6) is 0.104. The van der Waals surface area contributed by atoms with Gasteiger partial charge in [-0.3, -0.25) is 4.79 Å². The van der Waals surface area contributed by atoms with Crippen molar-refractivity contribution in [1.82, 2.24) is 5.16 Å². The minimum Gasteiger partial charge on any atom is -0.481 e. The van der Waals surface area contributed by atoms with Crippen LogP contribution in [0.2, 0.25) is 5.02 Å². The van der Waals surface area contributed by atoms with Crippen LogP contribution in [0.4, 0.5) is 0 Å². The molecular formula is C17H18ClNO3. The summed E-state index contributed by atoms with van der Waals surface area (Å²) in [6.07, 6.45) is 1.80. The van der Waals surface area contributed by atoms with Gasteiger partial charge in [0.25, 0.3) is 0 Å². The third-order valence-corrected chi connectivity index (χ3v) is 4.84. The molecule has 2 atom stereocenters. The number of benzene rings is 1. The fourth-order valence-electron chi connectivity index (χ4n) is 3.25. The van der Waals surface area contributed by atoms with E-state index in [2.05, 4.69) is 5.16 Å². The maximum Gasteiger partial charge on any atom is 0.309 e. The van der Waals surface area contributed by atoms with Crippen LogP contribution in [-0.2, 0) is 11.2 Å². The molecule has 1 aliphatic rings. The average molecular weight is 320 g/mol. The van der Waals surface area contributed by atoms with E-state index in [9.17, 15) is 9.90 Å². The Labute approximate surface area is 134 Å². The predicted molar refractivity (Wildman–Crippen MR) is 84.0 cm³/mol. The first kappa shape index (κ1) is 15.1. The van der Waals surface area contributed by atoms with Gasteiger partial charge in [0, 0.05) is 22.1 Å². The normalized spacial score (nSPS) is 24.6. The Morgan fingerprint density at radius 3 is 2.73 bits per heavy atom. The number of aliphatic carboxylic acids is 1. The maximum absolute atomic E-state index is 11.6. The van der Waals surface area contributed by atoms with Crippen molar-refractivity contribution in [3.05, 3.63) is 40.6 Å². The highest BCUT2D eigenvalue weighted by Gasteiger charge is 2.40. The Bertz CT molecular complexity index is 707. The summed E-state index contributed by atoms with van der Waals surface area (Å²) in [4.78, 5) is 11.6. The fourth-order valence-corrected chi connectivity index (χ4v) is 3.38. The molecular weight excluding hydrogens is 302 g/mol. The number of carbonyl (C=O) groups is 1.